The number of benzene rings is 1. The number of piperidine rings is 1. The molecule has 1 aromatic heterocycles. The van der Waals surface area contributed by atoms with Crippen molar-refractivity contribution in [1.82, 2.24) is 9.21 Å². The van der Waals surface area contributed by atoms with Gasteiger partial charge in [-0.2, -0.15) is 4.31 Å². The number of esters is 1. The lowest BCUT2D eigenvalue weighted by Gasteiger charge is -2.26. The lowest BCUT2D eigenvalue weighted by atomic mass is 10.0. The number of rotatable bonds is 5. The summed E-state index contributed by atoms with van der Waals surface area (Å²) in [5.41, 5.74) is 1.19. The first-order valence-corrected chi connectivity index (χ1v) is 13.0. The zero-order chi connectivity index (χ0) is 23.6. The molecular formula is C23H25FN2O5S2. The van der Waals surface area contributed by atoms with Gasteiger partial charge in [0, 0.05) is 24.5 Å². The third-order valence-corrected chi connectivity index (χ3v) is 9.50. The zero-order valence-corrected chi connectivity index (χ0v) is 19.9. The number of hydrogen-bond donors (Lipinski definition) is 0. The molecule has 2 aliphatic heterocycles. The smallest absolute Gasteiger partial charge is 0.340 e. The minimum atomic E-state index is -3.87. The van der Waals surface area contributed by atoms with Crippen molar-refractivity contribution in [1.29, 1.82) is 0 Å². The molecule has 0 aliphatic carbocycles. The second-order valence-electron chi connectivity index (χ2n) is 8.00. The summed E-state index contributed by atoms with van der Waals surface area (Å²) >= 11 is 0.977. The van der Waals surface area contributed by atoms with Crippen LogP contribution >= 0.6 is 11.3 Å². The van der Waals surface area contributed by atoms with Crippen LogP contribution in [0.3, 0.4) is 0 Å². The van der Waals surface area contributed by atoms with E-state index in [1.807, 2.05) is 0 Å². The number of nitrogens with zero attached hydrogens (tertiary/aromatic N) is 2. The molecule has 1 saturated heterocycles. The van der Waals surface area contributed by atoms with Crippen molar-refractivity contribution < 1.29 is 27.1 Å². The molecule has 1 aromatic carbocycles. The maximum atomic E-state index is 14.6. The molecule has 33 heavy (non-hydrogen) atoms. The van der Waals surface area contributed by atoms with E-state index in [9.17, 15) is 22.4 Å². The summed E-state index contributed by atoms with van der Waals surface area (Å²) in [7, 11) is -2.66. The molecule has 2 aliphatic rings. The van der Waals surface area contributed by atoms with E-state index in [-0.39, 0.29) is 29.3 Å². The number of sulfonamides is 1. The van der Waals surface area contributed by atoms with Crippen molar-refractivity contribution >= 4 is 39.3 Å². The molecule has 0 N–H and O–H groups in total. The summed E-state index contributed by atoms with van der Waals surface area (Å²) in [5.74, 6) is -2.37. The second-order valence-corrected chi connectivity index (χ2v) is 11.2. The van der Waals surface area contributed by atoms with Gasteiger partial charge in [-0.1, -0.05) is 36.8 Å². The van der Waals surface area contributed by atoms with E-state index in [0.29, 0.717) is 29.1 Å². The highest BCUT2D eigenvalue weighted by atomic mass is 32.2. The number of methoxy groups -OCH3 is 1. The van der Waals surface area contributed by atoms with Gasteiger partial charge in [0.15, 0.2) is 5.83 Å². The number of ether oxygens (including phenoxy) is 1. The highest BCUT2D eigenvalue weighted by Crippen LogP contribution is 2.39. The highest BCUT2D eigenvalue weighted by Gasteiger charge is 2.38. The quantitative estimate of drug-likeness (QED) is 0.470. The third kappa shape index (κ3) is 4.73. The molecule has 0 unspecified atom stereocenters. The van der Waals surface area contributed by atoms with E-state index in [0.717, 1.165) is 30.6 Å². The van der Waals surface area contributed by atoms with Gasteiger partial charge in [-0.15, -0.1) is 11.3 Å². The number of carbonyl (C=O) groups is 2. The van der Waals surface area contributed by atoms with Crippen molar-refractivity contribution in [2.24, 2.45) is 0 Å². The van der Waals surface area contributed by atoms with Gasteiger partial charge in [0.2, 0.25) is 0 Å². The molecule has 0 radical (unpaired) electrons. The largest absolute Gasteiger partial charge is 0.465 e. The molecule has 0 atom stereocenters. The van der Waals surface area contributed by atoms with E-state index >= 15 is 0 Å². The van der Waals surface area contributed by atoms with Crippen LogP contribution in [0, 0.1) is 0 Å². The summed E-state index contributed by atoms with van der Waals surface area (Å²) in [4.78, 5) is 27.2. The fraction of sp³-hybridized carbons (Fsp3) is 0.391. The van der Waals surface area contributed by atoms with E-state index in [2.05, 4.69) is 0 Å². The molecule has 4 rings (SSSR count). The Labute approximate surface area is 196 Å². The first-order valence-electron chi connectivity index (χ1n) is 10.8. The van der Waals surface area contributed by atoms with Crippen LogP contribution in [0.4, 0.5) is 4.39 Å². The van der Waals surface area contributed by atoms with E-state index < -0.39 is 27.7 Å². The number of thiophene rings is 1. The minimum Gasteiger partial charge on any atom is -0.465 e. The number of halogens is 1. The fourth-order valence-corrected chi connectivity index (χ4v) is 7.73. The Hall–Kier alpha value is -2.56. The fourth-order valence-electron chi connectivity index (χ4n) is 4.17. The van der Waals surface area contributed by atoms with Crippen LogP contribution < -0.4 is 0 Å². The van der Waals surface area contributed by atoms with Crippen molar-refractivity contribution in [3.05, 3.63) is 57.7 Å². The number of hydrogen-bond acceptors (Lipinski definition) is 6. The van der Waals surface area contributed by atoms with Crippen LogP contribution in [-0.4, -0.2) is 56.2 Å². The summed E-state index contributed by atoms with van der Waals surface area (Å²) in [5, 5.41) is 0. The topological polar surface area (TPSA) is 84.0 Å². The Balaban J connectivity index is 1.64. The number of fused-ring (bicyclic) bond motifs is 1. The number of amides is 1. The molecule has 2 aromatic rings. The van der Waals surface area contributed by atoms with Crippen LogP contribution in [0.2, 0.25) is 0 Å². The van der Waals surface area contributed by atoms with Crippen molar-refractivity contribution in [3.63, 3.8) is 0 Å². The molecule has 1 fully saturated rings. The van der Waals surface area contributed by atoms with Gasteiger partial charge < -0.3 is 9.64 Å². The monoisotopic (exact) mass is 492 g/mol. The molecule has 0 saturated carbocycles. The molecule has 3 heterocycles. The first kappa shape index (κ1) is 23.6. The lowest BCUT2D eigenvalue weighted by Crippen LogP contribution is -2.36. The van der Waals surface area contributed by atoms with Crippen molar-refractivity contribution in [2.75, 3.05) is 26.7 Å². The van der Waals surface area contributed by atoms with Gasteiger partial charge in [0.1, 0.15) is 4.21 Å². The first-order chi connectivity index (χ1) is 15.8. The van der Waals surface area contributed by atoms with Crippen LogP contribution in [0.1, 0.15) is 45.6 Å². The summed E-state index contributed by atoms with van der Waals surface area (Å²) in [6.45, 7) is 1.03. The lowest BCUT2D eigenvalue weighted by molar-refractivity contribution is -0.129. The zero-order valence-electron chi connectivity index (χ0n) is 18.3. The van der Waals surface area contributed by atoms with Crippen LogP contribution in [0.5, 0.6) is 0 Å². The highest BCUT2D eigenvalue weighted by molar-refractivity contribution is 7.91. The Bertz CT molecular complexity index is 1180. The van der Waals surface area contributed by atoms with Gasteiger partial charge in [-0.25, -0.2) is 17.6 Å². The Morgan fingerprint density at radius 1 is 1.09 bits per heavy atom. The van der Waals surface area contributed by atoms with E-state index in [1.54, 1.807) is 30.3 Å². The summed E-state index contributed by atoms with van der Waals surface area (Å²) in [6, 6.07) is 8.69. The summed E-state index contributed by atoms with van der Waals surface area (Å²) in [6.07, 6.45) is 3.94. The van der Waals surface area contributed by atoms with Crippen molar-refractivity contribution in [2.45, 2.75) is 36.4 Å². The molecule has 10 heteroatoms. The molecule has 7 nitrogen and oxygen atoms in total. The van der Waals surface area contributed by atoms with E-state index in [4.69, 9.17) is 4.74 Å². The maximum Gasteiger partial charge on any atom is 0.340 e. The molecule has 176 valence electrons. The van der Waals surface area contributed by atoms with Gasteiger partial charge in [-0.3, -0.25) is 4.79 Å². The van der Waals surface area contributed by atoms with Crippen molar-refractivity contribution in [3.8, 4) is 0 Å². The minimum absolute atomic E-state index is 0.0361. The van der Waals surface area contributed by atoms with Crippen LogP contribution in [-0.2, 0) is 32.5 Å². The average Bonchev–Trinajstić information content (AvgIpc) is 3.24. The predicted molar refractivity (Wildman–Crippen MR) is 123 cm³/mol. The maximum absolute atomic E-state index is 14.6. The predicted octanol–water partition coefficient (Wildman–Crippen LogP) is 3.60. The SMILES string of the molecule is COC(=O)c1c(S(=O)(=O)N2CCCCC2)sc2c1CCN(C(=O)C(F)=Cc1ccccc1)C2. The third-order valence-electron chi connectivity index (χ3n) is 5.89. The Kier molecular flexibility index (Phi) is 6.96. The molecule has 1 amide bonds. The van der Waals surface area contributed by atoms with Gasteiger partial charge in [0.25, 0.3) is 15.9 Å². The Morgan fingerprint density at radius 3 is 2.45 bits per heavy atom. The normalized spacial score (nSPS) is 17.5. The van der Waals surface area contributed by atoms with Crippen LogP contribution in [0.25, 0.3) is 6.08 Å². The summed E-state index contributed by atoms with van der Waals surface area (Å²) < 4.78 is 47.6. The Morgan fingerprint density at radius 2 is 1.79 bits per heavy atom. The van der Waals surface area contributed by atoms with E-state index in [1.165, 1.54) is 22.4 Å². The second kappa shape index (κ2) is 9.74. The molecule has 0 bridgehead atoms. The van der Waals surface area contributed by atoms with Gasteiger partial charge >= 0.3 is 5.97 Å². The standard InChI is InChI=1S/C23H25FN2O5S2/c1-31-22(28)20-17-10-13-25(21(27)18(24)14-16-8-4-2-5-9-16)15-19(17)32-23(20)33(29,30)26-11-6-3-7-12-26/h2,4-5,8-9,14H,3,6-7,10-13,15H2,1H3. The van der Waals surface area contributed by atoms with Crippen LogP contribution in [0.15, 0.2) is 40.4 Å². The number of carbonyl (C=O) groups excluding carboxylic acids is 2. The molecule has 0 spiro atoms. The average molecular weight is 493 g/mol. The molecular weight excluding hydrogens is 467 g/mol. The van der Waals surface area contributed by atoms with Gasteiger partial charge in [0.05, 0.1) is 19.2 Å². The van der Waals surface area contributed by atoms with Gasteiger partial charge in [-0.05, 0) is 36.5 Å².